The third-order valence-corrected chi connectivity index (χ3v) is 3.66. The Labute approximate surface area is 121 Å². The fourth-order valence-corrected chi connectivity index (χ4v) is 2.12. The van der Waals surface area contributed by atoms with Crippen molar-refractivity contribution in [3.05, 3.63) is 58.1 Å². The Balaban J connectivity index is 2.28. The number of aryl methyl sites for hydroxylation is 1. The summed E-state index contributed by atoms with van der Waals surface area (Å²) >= 11 is 3.33. The maximum Gasteiger partial charge on any atom is 0.258 e. The molecular formula is C15H15BrN2O. The molecule has 0 aromatic heterocycles. The molecule has 0 aliphatic rings. The van der Waals surface area contributed by atoms with E-state index in [0.29, 0.717) is 11.3 Å². The first-order valence-corrected chi connectivity index (χ1v) is 6.68. The average molecular weight is 319 g/mol. The third kappa shape index (κ3) is 2.96. The number of nitrogens with zero attached hydrogens (tertiary/aromatic N) is 1. The highest BCUT2D eigenvalue weighted by atomic mass is 79.9. The van der Waals surface area contributed by atoms with Gasteiger partial charge in [0.05, 0.1) is 0 Å². The maximum absolute atomic E-state index is 12.4. The second-order valence-electron chi connectivity index (χ2n) is 4.44. The van der Waals surface area contributed by atoms with Gasteiger partial charge >= 0.3 is 0 Å². The van der Waals surface area contributed by atoms with Crippen molar-refractivity contribution in [2.24, 2.45) is 0 Å². The van der Waals surface area contributed by atoms with Crippen LogP contribution >= 0.6 is 15.9 Å². The second kappa shape index (κ2) is 5.45. The van der Waals surface area contributed by atoms with E-state index >= 15 is 0 Å². The molecule has 3 nitrogen and oxygen atoms in total. The first kappa shape index (κ1) is 13.6. The van der Waals surface area contributed by atoms with Crippen molar-refractivity contribution in [3.8, 4) is 0 Å². The summed E-state index contributed by atoms with van der Waals surface area (Å²) in [5.74, 6) is -0.0652. The molecule has 0 spiro atoms. The molecule has 4 heteroatoms. The van der Waals surface area contributed by atoms with E-state index in [1.165, 1.54) is 5.56 Å². The van der Waals surface area contributed by atoms with E-state index in [0.717, 1.165) is 10.2 Å². The molecule has 0 atom stereocenters. The van der Waals surface area contributed by atoms with Crippen molar-refractivity contribution < 1.29 is 4.79 Å². The fourth-order valence-electron chi connectivity index (χ4n) is 1.74. The quantitative estimate of drug-likeness (QED) is 0.860. The van der Waals surface area contributed by atoms with Gasteiger partial charge in [-0.3, -0.25) is 4.79 Å². The van der Waals surface area contributed by atoms with Gasteiger partial charge < -0.3 is 10.6 Å². The minimum Gasteiger partial charge on any atom is -0.398 e. The lowest BCUT2D eigenvalue weighted by molar-refractivity contribution is 0.0993. The summed E-state index contributed by atoms with van der Waals surface area (Å²) in [6.07, 6.45) is 0. The van der Waals surface area contributed by atoms with Crippen molar-refractivity contribution >= 4 is 33.2 Å². The SMILES string of the molecule is Cc1ccc(N(C)C(=O)c2ccc(N)c(Br)c2)cc1. The molecule has 19 heavy (non-hydrogen) atoms. The average Bonchev–Trinajstić information content (AvgIpc) is 2.41. The zero-order chi connectivity index (χ0) is 14.0. The van der Waals surface area contributed by atoms with Gasteiger partial charge in [-0.05, 0) is 53.2 Å². The molecule has 0 saturated carbocycles. The van der Waals surface area contributed by atoms with Crippen LogP contribution in [0.2, 0.25) is 0 Å². The van der Waals surface area contributed by atoms with E-state index in [-0.39, 0.29) is 5.91 Å². The summed E-state index contributed by atoms with van der Waals surface area (Å²) in [6, 6.07) is 13.0. The number of nitrogen functional groups attached to an aromatic ring is 1. The van der Waals surface area contributed by atoms with Crippen molar-refractivity contribution in [3.63, 3.8) is 0 Å². The van der Waals surface area contributed by atoms with Gasteiger partial charge in [-0.15, -0.1) is 0 Å². The van der Waals surface area contributed by atoms with Gasteiger partial charge in [0.15, 0.2) is 0 Å². The van der Waals surface area contributed by atoms with Crippen LogP contribution in [0.1, 0.15) is 15.9 Å². The molecule has 0 unspecified atom stereocenters. The van der Waals surface area contributed by atoms with Crippen molar-refractivity contribution in [2.75, 3.05) is 17.7 Å². The summed E-state index contributed by atoms with van der Waals surface area (Å²) in [4.78, 5) is 14.0. The molecular weight excluding hydrogens is 304 g/mol. The number of hydrogen-bond acceptors (Lipinski definition) is 2. The maximum atomic E-state index is 12.4. The van der Waals surface area contributed by atoms with E-state index in [9.17, 15) is 4.79 Å². The van der Waals surface area contributed by atoms with Crippen LogP contribution in [0.4, 0.5) is 11.4 Å². The highest BCUT2D eigenvalue weighted by Gasteiger charge is 2.14. The molecule has 1 amide bonds. The molecule has 0 fully saturated rings. The van der Waals surface area contributed by atoms with Crippen molar-refractivity contribution in [2.45, 2.75) is 6.92 Å². The van der Waals surface area contributed by atoms with Crippen LogP contribution in [0.25, 0.3) is 0 Å². The molecule has 0 radical (unpaired) electrons. The predicted molar refractivity (Wildman–Crippen MR) is 82.5 cm³/mol. The Bertz CT molecular complexity index is 608. The standard InChI is InChI=1S/C15H15BrN2O/c1-10-3-6-12(7-4-10)18(2)15(19)11-5-8-14(17)13(16)9-11/h3-9H,17H2,1-2H3. The van der Waals surface area contributed by atoms with Crippen LogP contribution in [-0.4, -0.2) is 13.0 Å². The van der Waals surface area contributed by atoms with Gasteiger partial charge in [0.2, 0.25) is 0 Å². The van der Waals surface area contributed by atoms with Crippen molar-refractivity contribution in [1.29, 1.82) is 0 Å². The molecule has 0 heterocycles. The minimum atomic E-state index is -0.0652. The molecule has 0 aliphatic heterocycles. The van der Waals surface area contributed by atoms with E-state index in [1.807, 2.05) is 31.2 Å². The number of hydrogen-bond donors (Lipinski definition) is 1. The number of amides is 1. The van der Waals surface area contributed by atoms with Crippen LogP contribution in [0.15, 0.2) is 46.9 Å². The summed E-state index contributed by atoms with van der Waals surface area (Å²) in [7, 11) is 1.76. The molecule has 0 aliphatic carbocycles. The summed E-state index contributed by atoms with van der Waals surface area (Å²) in [5.41, 5.74) is 8.97. The van der Waals surface area contributed by atoms with Gasteiger partial charge in [0.25, 0.3) is 5.91 Å². The molecule has 2 aromatic carbocycles. The van der Waals surface area contributed by atoms with Gasteiger partial charge in [-0.25, -0.2) is 0 Å². The smallest absolute Gasteiger partial charge is 0.258 e. The van der Waals surface area contributed by atoms with Gasteiger partial charge in [0.1, 0.15) is 0 Å². The van der Waals surface area contributed by atoms with Gasteiger partial charge in [0, 0.05) is 28.5 Å². The number of benzene rings is 2. The summed E-state index contributed by atoms with van der Waals surface area (Å²) in [6.45, 7) is 2.02. The number of carbonyl (C=O) groups excluding carboxylic acids is 1. The lowest BCUT2D eigenvalue weighted by atomic mass is 10.1. The summed E-state index contributed by atoms with van der Waals surface area (Å²) < 4.78 is 0.732. The van der Waals surface area contributed by atoms with E-state index in [2.05, 4.69) is 15.9 Å². The summed E-state index contributed by atoms with van der Waals surface area (Å²) in [5, 5.41) is 0. The molecule has 2 rings (SSSR count). The van der Waals surface area contributed by atoms with E-state index < -0.39 is 0 Å². The molecule has 0 saturated heterocycles. The normalized spacial score (nSPS) is 10.3. The number of anilines is 2. The van der Waals surface area contributed by atoms with Crippen LogP contribution in [0.5, 0.6) is 0 Å². The van der Waals surface area contributed by atoms with Crippen LogP contribution in [0.3, 0.4) is 0 Å². The first-order chi connectivity index (χ1) is 8.99. The molecule has 2 aromatic rings. The van der Waals surface area contributed by atoms with Crippen LogP contribution in [0, 0.1) is 6.92 Å². The monoisotopic (exact) mass is 318 g/mol. The Hall–Kier alpha value is -1.81. The van der Waals surface area contributed by atoms with Crippen molar-refractivity contribution in [1.82, 2.24) is 0 Å². The van der Waals surface area contributed by atoms with Gasteiger partial charge in [-0.2, -0.15) is 0 Å². The topological polar surface area (TPSA) is 46.3 Å². The van der Waals surface area contributed by atoms with Crippen LogP contribution < -0.4 is 10.6 Å². The lowest BCUT2D eigenvalue weighted by Gasteiger charge is -2.18. The largest absolute Gasteiger partial charge is 0.398 e. The Morgan fingerprint density at radius 2 is 1.79 bits per heavy atom. The number of carbonyl (C=O) groups is 1. The molecule has 98 valence electrons. The predicted octanol–water partition coefficient (Wildman–Crippen LogP) is 3.62. The zero-order valence-corrected chi connectivity index (χ0v) is 12.4. The third-order valence-electron chi connectivity index (χ3n) is 2.97. The lowest BCUT2D eigenvalue weighted by Crippen LogP contribution is -2.26. The Morgan fingerprint density at radius 1 is 1.16 bits per heavy atom. The number of halogens is 1. The van der Waals surface area contributed by atoms with E-state index in [1.54, 1.807) is 30.1 Å². The highest BCUT2D eigenvalue weighted by molar-refractivity contribution is 9.10. The minimum absolute atomic E-state index is 0.0652. The van der Waals surface area contributed by atoms with Gasteiger partial charge in [-0.1, -0.05) is 17.7 Å². The molecule has 0 bridgehead atoms. The van der Waals surface area contributed by atoms with E-state index in [4.69, 9.17) is 5.73 Å². The second-order valence-corrected chi connectivity index (χ2v) is 5.29. The Kier molecular flexibility index (Phi) is 3.90. The fraction of sp³-hybridized carbons (Fsp3) is 0.133. The molecule has 2 N–H and O–H groups in total. The number of nitrogens with two attached hydrogens (primary N) is 1. The first-order valence-electron chi connectivity index (χ1n) is 5.89. The number of rotatable bonds is 2. The van der Waals surface area contributed by atoms with Crippen LogP contribution in [-0.2, 0) is 0 Å². The zero-order valence-electron chi connectivity index (χ0n) is 10.9. The highest BCUT2D eigenvalue weighted by Crippen LogP contribution is 2.22. The Morgan fingerprint density at radius 3 is 2.37 bits per heavy atom.